The van der Waals surface area contributed by atoms with Crippen LogP contribution in [0.2, 0.25) is 0 Å². The van der Waals surface area contributed by atoms with Gasteiger partial charge in [0.2, 0.25) is 0 Å². The molecule has 0 amide bonds. The van der Waals surface area contributed by atoms with Gasteiger partial charge in [-0.25, -0.2) is 13.2 Å². The highest BCUT2D eigenvalue weighted by Gasteiger charge is 2.21. The summed E-state index contributed by atoms with van der Waals surface area (Å²) in [7, 11) is 0. The highest BCUT2D eigenvalue weighted by molar-refractivity contribution is 5.45. The van der Waals surface area contributed by atoms with Gasteiger partial charge in [0.05, 0.1) is 18.4 Å². The first kappa shape index (κ1) is 14.1. The van der Waals surface area contributed by atoms with Gasteiger partial charge in [-0.2, -0.15) is 0 Å². The fraction of sp³-hybridized carbons (Fsp3) is 0.538. The van der Waals surface area contributed by atoms with E-state index < -0.39 is 23.6 Å². The van der Waals surface area contributed by atoms with Gasteiger partial charge in [-0.05, 0) is 18.8 Å². The molecule has 0 bridgehead atoms. The number of ether oxygens (including phenoxy) is 1. The summed E-state index contributed by atoms with van der Waals surface area (Å²) in [4.78, 5) is 0. The van der Waals surface area contributed by atoms with Crippen molar-refractivity contribution < 1.29 is 23.0 Å². The lowest BCUT2D eigenvalue weighted by Gasteiger charge is -2.14. The third kappa shape index (κ3) is 4.40. The molecule has 0 heterocycles. The number of hydrogen-bond acceptors (Lipinski definition) is 3. The Balaban J connectivity index is 1.77. The highest BCUT2D eigenvalue weighted by atomic mass is 19.2. The van der Waals surface area contributed by atoms with Crippen LogP contribution >= 0.6 is 0 Å². The molecule has 1 aliphatic carbocycles. The molecule has 2 rings (SSSR count). The van der Waals surface area contributed by atoms with Gasteiger partial charge in [-0.3, -0.25) is 0 Å². The fourth-order valence-corrected chi connectivity index (χ4v) is 1.63. The minimum Gasteiger partial charge on any atom is -0.389 e. The van der Waals surface area contributed by atoms with Crippen LogP contribution in [0.1, 0.15) is 12.8 Å². The number of anilines is 1. The van der Waals surface area contributed by atoms with Gasteiger partial charge in [0, 0.05) is 25.3 Å². The van der Waals surface area contributed by atoms with Crippen molar-refractivity contribution in [1.82, 2.24) is 0 Å². The number of aliphatic hydroxyl groups excluding tert-OH is 1. The average Bonchev–Trinajstić information content (AvgIpc) is 3.16. The smallest absolute Gasteiger partial charge is 0.182 e. The summed E-state index contributed by atoms with van der Waals surface area (Å²) in [6.45, 7) is 0.688. The molecule has 0 spiro atoms. The molecular formula is C13H16F3NO2. The molecule has 2 N–H and O–H groups in total. The topological polar surface area (TPSA) is 41.5 Å². The van der Waals surface area contributed by atoms with Crippen LogP contribution in [0, 0.1) is 23.4 Å². The van der Waals surface area contributed by atoms with E-state index in [9.17, 15) is 18.3 Å². The van der Waals surface area contributed by atoms with E-state index in [0.29, 0.717) is 18.6 Å². The highest BCUT2D eigenvalue weighted by Crippen LogP contribution is 2.28. The van der Waals surface area contributed by atoms with E-state index >= 15 is 0 Å². The van der Waals surface area contributed by atoms with E-state index in [1.807, 2.05) is 0 Å². The van der Waals surface area contributed by atoms with E-state index in [-0.39, 0.29) is 18.8 Å². The van der Waals surface area contributed by atoms with Gasteiger partial charge in [-0.1, -0.05) is 0 Å². The van der Waals surface area contributed by atoms with Crippen molar-refractivity contribution in [3.8, 4) is 0 Å². The van der Waals surface area contributed by atoms with Crippen LogP contribution in [-0.4, -0.2) is 31.0 Å². The van der Waals surface area contributed by atoms with Crippen molar-refractivity contribution in [1.29, 1.82) is 0 Å². The Morgan fingerprint density at radius 2 is 2.05 bits per heavy atom. The minimum atomic E-state index is -1.26. The van der Waals surface area contributed by atoms with E-state index in [1.165, 1.54) is 0 Å². The quantitative estimate of drug-likeness (QED) is 0.750. The molecule has 1 aromatic carbocycles. The molecule has 1 aromatic rings. The first-order valence-electron chi connectivity index (χ1n) is 6.20. The molecule has 1 fully saturated rings. The van der Waals surface area contributed by atoms with Gasteiger partial charge in [0.15, 0.2) is 11.6 Å². The summed E-state index contributed by atoms with van der Waals surface area (Å²) in [6.07, 6.45) is 1.45. The van der Waals surface area contributed by atoms with Crippen LogP contribution in [-0.2, 0) is 4.74 Å². The number of rotatable bonds is 7. The van der Waals surface area contributed by atoms with Crippen LogP contribution in [0.5, 0.6) is 0 Å². The molecule has 0 aromatic heterocycles. The summed E-state index contributed by atoms with van der Waals surface area (Å²) in [5, 5.41) is 12.0. The van der Waals surface area contributed by atoms with Gasteiger partial charge < -0.3 is 15.2 Å². The van der Waals surface area contributed by atoms with Crippen molar-refractivity contribution >= 4 is 5.69 Å². The van der Waals surface area contributed by atoms with Crippen molar-refractivity contribution in [2.24, 2.45) is 5.92 Å². The Kier molecular flexibility index (Phi) is 4.66. The minimum absolute atomic E-state index is 0.0372. The van der Waals surface area contributed by atoms with Crippen LogP contribution in [0.25, 0.3) is 0 Å². The van der Waals surface area contributed by atoms with Gasteiger partial charge in [-0.15, -0.1) is 0 Å². The molecule has 0 saturated heterocycles. The molecular weight excluding hydrogens is 259 g/mol. The maximum Gasteiger partial charge on any atom is 0.182 e. The lowest BCUT2D eigenvalue weighted by Crippen LogP contribution is -2.25. The Morgan fingerprint density at radius 3 is 2.74 bits per heavy atom. The van der Waals surface area contributed by atoms with Crippen LogP contribution in [0.3, 0.4) is 0 Å². The van der Waals surface area contributed by atoms with Crippen molar-refractivity contribution in [3.63, 3.8) is 0 Å². The maximum atomic E-state index is 13.3. The average molecular weight is 275 g/mol. The second-order valence-corrected chi connectivity index (χ2v) is 4.76. The van der Waals surface area contributed by atoms with Gasteiger partial charge in [0.1, 0.15) is 5.82 Å². The second-order valence-electron chi connectivity index (χ2n) is 4.76. The predicted molar refractivity (Wildman–Crippen MR) is 64.4 cm³/mol. The number of aliphatic hydroxyl groups is 1. The zero-order valence-corrected chi connectivity index (χ0v) is 10.3. The molecule has 0 radical (unpaired) electrons. The monoisotopic (exact) mass is 275 g/mol. The number of nitrogens with one attached hydrogen (secondary N) is 1. The fourth-order valence-electron chi connectivity index (χ4n) is 1.63. The molecule has 19 heavy (non-hydrogen) atoms. The SMILES string of the molecule is OC(CNc1cc(F)cc(F)c1F)COCC1CC1. The third-order valence-electron chi connectivity index (χ3n) is 2.88. The Morgan fingerprint density at radius 1 is 1.32 bits per heavy atom. The Labute approximate surface area is 109 Å². The van der Waals surface area contributed by atoms with Crippen molar-refractivity contribution in [3.05, 3.63) is 29.6 Å². The standard InChI is InChI=1S/C13H16F3NO2/c14-9-3-11(15)13(16)12(4-9)17-5-10(18)7-19-6-8-1-2-8/h3-4,8,10,17-18H,1-2,5-7H2. The molecule has 1 atom stereocenters. The Hall–Kier alpha value is -1.27. The van der Waals surface area contributed by atoms with E-state index in [2.05, 4.69) is 5.32 Å². The zero-order chi connectivity index (χ0) is 13.8. The van der Waals surface area contributed by atoms with Crippen molar-refractivity contribution in [2.75, 3.05) is 25.1 Å². The third-order valence-corrected chi connectivity index (χ3v) is 2.88. The lowest BCUT2D eigenvalue weighted by molar-refractivity contribution is 0.0386. The number of benzene rings is 1. The van der Waals surface area contributed by atoms with Gasteiger partial charge >= 0.3 is 0 Å². The molecule has 0 aliphatic heterocycles. The maximum absolute atomic E-state index is 13.3. The summed E-state index contributed by atoms with van der Waals surface area (Å²) in [5.74, 6) is -2.70. The summed E-state index contributed by atoms with van der Waals surface area (Å²) in [6, 6.07) is 1.31. The summed E-state index contributed by atoms with van der Waals surface area (Å²) >= 11 is 0. The number of hydrogen-bond donors (Lipinski definition) is 2. The molecule has 6 heteroatoms. The number of halogens is 3. The Bertz CT molecular complexity index is 438. The molecule has 3 nitrogen and oxygen atoms in total. The van der Waals surface area contributed by atoms with E-state index in [1.54, 1.807) is 0 Å². The second kappa shape index (κ2) is 6.25. The molecule has 1 aliphatic rings. The van der Waals surface area contributed by atoms with E-state index in [4.69, 9.17) is 4.74 Å². The first-order valence-corrected chi connectivity index (χ1v) is 6.20. The normalized spacial score (nSPS) is 16.4. The predicted octanol–water partition coefficient (Wildman–Crippen LogP) is 2.30. The van der Waals surface area contributed by atoms with Gasteiger partial charge in [0.25, 0.3) is 0 Å². The molecule has 1 unspecified atom stereocenters. The summed E-state index contributed by atoms with van der Waals surface area (Å²) < 4.78 is 44.4. The summed E-state index contributed by atoms with van der Waals surface area (Å²) in [5.41, 5.74) is -0.307. The largest absolute Gasteiger partial charge is 0.389 e. The van der Waals surface area contributed by atoms with Crippen LogP contribution < -0.4 is 5.32 Å². The van der Waals surface area contributed by atoms with Crippen LogP contribution in [0.4, 0.5) is 18.9 Å². The van der Waals surface area contributed by atoms with E-state index in [0.717, 1.165) is 18.9 Å². The zero-order valence-electron chi connectivity index (χ0n) is 10.3. The van der Waals surface area contributed by atoms with Crippen LogP contribution in [0.15, 0.2) is 12.1 Å². The molecule has 106 valence electrons. The first-order chi connectivity index (χ1) is 9.06. The molecule has 1 saturated carbocycles. The lowest BCUT2D eigenvalue weighted by atomic mass is 10.2. The van der Waals surface area contributed by atoms with Crippen molar-refractivity contribution in [2.45, 2.75) is 18.9 Å².